The Hall–Kier alpha value is -3.79. The molecule has 2 aromatic heterocycles. The van der Waals surface area contributed by atoms with Crippen molar-refractivity contribution < 1.29 is 9.72 Å². The minimum Gasteiger partial charge on any atom is -0.316 e. The highest BCUT2D eigenvalue weighted by atomic mass is 35.5. The number of aromatic amines is 1. The van der Waals surface area contributed by atoms with Gasteiger partial charge in [-0.15, -0.1) is 0 Å². The van der Waals surface area contributed by atoms with Gasteiger partial charge in [0.05, 0.1) is 17.2 Å². The molecule has 10 nitrogen and oxygen atoms in total. The van der Waals surface area contributed by atoms with Crippen molar-refractivity contribution in [3.63, 3.8) is 0 Å². The number of benzene rings is 1. The Bertz CT molecular complexity index is 1170. The number of rotatable bonds is 5. The van der Waals surface area contributed by atoms with E-state index in [1.165, 1.54) is 18.3 Å². The molecule has 1 amide bonds. The molecular weight excluding hydrogens is 390 g/mol. The van der Waals surface area contributed by atoms with Gasteiger partial charge in [0.25, 0.3) is 17.2 Å². The number of aromatic nitrogens is 3. The zero-order chi connectivity index (χ0) is 20.3. The fourth-order valence-corrected chi connectivity index (χ4v) is 2.60. The van der Waals surface area contributed by atoms with Crippen LogP contribution in [-0.4, -0.2) is 25.4 Å². The van der Waals surface area contributed by atoms with Crippen LogP contribution in [0.1, 0.15) is 16.1 Å². The van der Waals surface area contributed by atoms with E-state index in [-0.39, 0.29) is 17.3 Å². The minimum atomic E-state index is -0.929. The number of hydrogen-bond acceptors (Lipinski definition) is 6. The lowest BCUT2D eigenvalue weighted by Gasteiger charge is -2.08. The Labute approximate surface area is 161 Å². The third-order valence-electron chi connectivity index (χ3n) is 3.76. The van der Waals surface area contributed by atoms with E-state index in [1.807, 2.05) is 0 Å². The number of anilines is 1. The van der Waals surface area contributed by atoms with Gasteiger partial charge in [-0.05, 0) is 24.3 Å². The molecule has 0 unspecified atom stereocenters. The van der Waals surface area contributed by atoms with Crippen molar-refractivity contribution in [2.45, 2.75) is 6.54 Å². The van der Waals surface area contributed by atoms with E-state index < -0.39 is 33.3 Å². The van der Waals surface area contributed by atoms with Gasteiger partial charge in [0.2, 0.25) is 0 Å². The van der Waals surface area contributed by atoms with E-state index in [4.69, 9.17) is 11.6 Å². The van der Waals surface area contributed by atoms with Crippen molar-refractivity contribution in [2.24, 2.45) is 0 Å². The third-order valence-corrected chi connectivity index (χ3v) is 3.99. The third kappa shape index (κ3) is 3.96. The topological polar surface area (TPSA) is 140 Å². The number of carbonyl (C=O) groups is 1. The molecule has 0 saturated carbocycles. The largest absolute Gasteiger partial charge is 0.328 e. The zero-order valence-corrected chi connectivity index (χ0v) is 14.8. The molecule has 1 aromatic carbocycles. The Morgan fingerprint density at radius 2 is 2.07 bits per heavy atom. The van der Waals surface area contributed by atoms with E-state index in [2.05, 4.69) is 15.3 Å². The van der Waals surface area contributed by atoms with E-state index >= 15 is 0 Å². The second-order valence-electron chi connectivity index (χ2n) is 5.59. The number of amides is 1. The number of halogens is 1. The second kappa shape index (κ2) is 7.84. The van der Waals surface area contributed by atoms with Crippen molar-refractivity contribution in [3.05, 3.63) is 96.0 Å². The standard InChI is InChI=1S/C17H12ClN5O5/c18-10-4-5-14(23(27)28)13(7-10)21-15(24)12-8-20-17(26)22(16(12)25)9-11-3-1-2-6-19-11/h1-8H,9H2,(H,20,26)(H,21,24). The van der Waals surface area contributed by atoms with Crippen LogP contribution in [0.2, 0.25) is 5.02 Å². The van der Waals surface area contributed by atoms with Crippen molar-refractivity contribution in [3.8, 4) is 0 Å². The average Bonchev–Trinajstić information content (AvgIpc) is 2.65. The van der Waals surface area contributed by atoms with Crippen molar-refractivity contribution in [1.29, 1.82) is 0 Å². The van der Waals surface area contributed by atoms with Crippen LogP contribution in [0, 0.1) is 10.1 Å². The first kappa shape index (κ1) is 19.0. The highest BCUT2D eigenvalue weighted by Crippen LogP contribution is 2.27. The summed E-state index contributed by atoms with van der Waals surface area (Å²) < 4.78 is 0.809. The van der Waals surface area contributed by atoms with Gasteiger partial charge in [0.15, 0.2) is 0 Å². The van der Waals surface area contributed by atoms with Crippen LogP contribution in [0.5, 0.6) is 0 Å². The smallest absolute Gasteiger partial charge is 0.316 e. The highest BCUT2D eigenvalue weighted by molar-refractivity contribution is 6.31. The summed E-state index contributed by atoms with van der Waals surface area (Å²) in [5.74, 6) is -0.929. The second-order valence-corrected chi connectivity index (χ2v) is 6.03. The molecule has 2 heterocycles. The number of nitro benzene ring substituents is 1. The molecular formula is C17H12ClN5O5. The van der Waals surface area contributed by atoms with Crippen LogP contribution >= 0.6 is 11.6 Å². The van der Waals surface area contributed by atoms with Crippen molar-refractivity contribution >= 4 is 28.9 Å². The van der Waals surface area contributed by atoms with Gasteiger partial charge in [-0.3, -0.25) is 29.3 Å². The first-order chi connectivity index (χ1) is 13.4. The molecule has 0 aliphatic heterocycles. The fourth-order valence-electron chi connectivity index (χ4n) is 2.43. The maximum absolute atomic E-state index is 12.6. The first-order valence-electron chi connectivity index (χ1n) is 7.84. The Kier molecular flexibility index (Phi) is 5.32. The van der Waals surface area contributed by atoms with Gasteiger partial charge in [-0.1, -0.05) is 17.7 Å². The summed E-state index contributed by atoms with van der Waals surface area (Å²) in [6, 6.07) is 8.61. The first-order valence-corrected chi connectivity index (χ1v) is 8.22. The number of H-pyrrole nitrogens is 1. The molecule has 0 spiro atoms. The van der Waals surface area contributed by atoms with E-state index in [1.54, 1.807) is 18.2 Å². The van der Waals surface area contributed by atoms with Gasteiger partial charge in [-0.2, -0.15) is 0 Å². The van der Waals surface area contributed by atoms with E-state index in [0.29, 0.717) is 5.69 Å². The molecule has 0 saturated heterocycles. The number of carbonyl (C=O) groups excluding carboxylic acids is 1. The SMILES string of the molecule is O=C(Nc1cc(Cl)ccc1[N+](=O)[O-])c1c[nH]c(=O)n(Cc2ccccn2)c1=O. The summed E-state index contributed by atoms with van der Waals surface area (Å²) in [7, 11) is 0. The normalized spacial score (nSPS) is 10.5. The van der Waals surface area contributed by atoms with E-state index in [0.717, 1.165) is 16.8 Å². The Morgan fingerprint density at radius 3 is 2.75 bits per heavy atom. The minimum absolute atomic E-state index is 0.145. The predicted octanol–water partition coefficient (Wildman–Crippen LogP) is 1.79. The molecule has 28 heavy (non-hydrogen) atoms. The molecule has 0 aliphatic rings. The van der Waals surface area contributed by atoms with E-state index in [9.17, 15) is 24.5 Å². The van der Waals surface area contributed by atoms with Gasteiger partial charge in [0, 0.05) is 23.5 Å². The molecule has 0 radical (unpaired) electrons. The maximum atomic E-state index is 12.6. The lowest BCUT2D eigenvalue weighted by molar-refractivity contribution is -0.383. The summed E-state index contributed by atoms with van der Waals surface area (Å²) in [6.07, 6.45) is 2.45. The molecule has 11 heteroatoms. The molecule has 142 valence electrons. The summed E-state index contributed by atoms with van der Waals surface area (Å²) in [5, 5.41) is 13.6. The van der Waals surface area contributed by atoms with Crippen LogP contribution in [-0.2, 0) is 6.54 Å². The van der Waals surface area contributed by atoms with Crippen molar-refractivity contribution in [1.82, 2.24) is 14.5 Å². The van der Waals surface area contributed by atoms with Crippen LogP contribution in [0.4, 0.5) is 11.4 Å². The Balaban J connectivity index is 1.97. The van der Waals surface area contributed by atoms with Gasteiger partial charge >= 0.3 is 5.69 Å². The van der Waals surface area contributed by atoms with Crippen LogP contribution in [0.3, 0.4) is 0 Å². The number of nitrogens with zero attached hydrogens (tertiary/aromatic N) is 3. The number of hydrogen-bond donors (Lipinski definition) is 2. The van der Waals surface area contributed by atoms with Crippen LogP contribution in [0.15, 0.2) is 58.4 Å². The summed E-state index contributed by atoms with van der Waals surface area (Å²) >= 11 is 5.82. The molecule has 0 bridgehead atoms. The summed E-state index contributed by atoms with van der Waals surface area (Å²) in [6.45, 7) is -0.145. The average molecular weight is 402 g/mol. The fraction of sp³-hybridized carbons (Fsp3) is 0.0588. The van der Waals surface area contributed by atoms with Gasteiger partial charge in [-0.25, -0.2) is 4.79 Å². The van der Waals surface area contributed by atoms with Crippen LogP contribution in [0.25, 0.3) is 0 Å². The Morgan fingerprint density at radius 1 is 1.29 bits per heavy atom. The van der Waals surface area contributed by atoms with Crippen molar-refractivity contribution in [2.75, 3.05) is 5.32 Å². The maximum Gasteiger partial charge on any atom is 0.328 e. The summed E-state index contributed by atoms with van der Waals surface area (Å²) in [5.41, 5.74) is -2.11. The molecule has 0 fully saturated rings. The highest BCUT2D eigenvalue weighted by Gasteiger charge is 2.20. The summed E-state index contributed by atoms with van der Waals surface area (Å²) in [4.78, 5) is 53.9. The molecule has 0 atom stereocenters. The quantitative estimate of drug-likeness (QED) is 0.493. The predicted molar refractivity (Wildman–Crippen MR) is 101 cm³/mol. The van der Waals surface area contributed by atoms with Gasteiger partial charge < -0.3 is 10.3 Å². The molecule has 2 N–H and O–H groups in total. The molecule has 3 rings (SSSR count). The number of pyridine rings is 1. The molecule has 0 aliphatic carbocycles. The van der Waals surface area contributed by atoms with Crippen LogP contribution < -0.4 is 16.6 Å². The lowest BCUT2D eigenvalue weighted by atomic mass is 10.2. The number of nitrogens with one attached hydrogen (secondary N) is 2. The zero-order valence-electron chi connectivity index (χ0n) is 14.1. The number of nitro groups is 1. The lowest BCUT2D eigenvalue weighted by Crippen LogP contribution is -2.39. The molecule has 3 aromatic rings. The monoisotopic (exact) mass is 401 g/mol. The van der Waals surface area contributed by atoms with Gasteiger partial charge in [0.1, 0.15) is 11.3 Å².